The van der Waals surface area contributed by atoms with E-state index in [0.29, 0.717) is 52.3 Å². The molecule has 0 heterocycles. The monoisotopic (exact) mass is 450 g/mol. The number of rotatable bonds is 18. The molecular weight excluding hydrogens is 416 g/mol. The van der Waals surface area contributed by atoms with Crippen LogP contribution in [0.4, 0.5) is 0 Å². The molecule has 0 bridgehead atoms. The third-order valence-electron chi connectivity index (χ3n) is 3.69. The van der Waals surface area contributed by atoms with Crippen molar-refractivity contribution in [1.29, 1.82) is 0 Å². The molecule has 0 aromatic heterocycles. The first-order valence-corrected chi connectivity index (χ1v) is 10.8. The van der Waals surface area contributed by atoms with Gasteiger partial charge in [-0.3, -0.25) is 23.3 Å². The first-order valence-electron chi connectivity index (χ1n) is 9.95. The smallest absolute Gasteiger partial charge is 0.469 e. The molecule has 0 atom stereocenters. The molecule has 0 aromatic carbocycles. The lowest BCUT2D eigenvalue weighted by Gasteiger charge is -2.06. The number of hydrogen-bond acceptors (Lipinski definition) is 10. The van der Waals surface area contributed by atoms with Crippen LogP contribution in [0.5, 0.6) is 0 Å². The van der Waals surface area contributed by atoms with Crippen LogP contribution in [0.3, 0.4) is 0 Å². The van der Waals surface area contributed by atoms with E-state index in [0.717, 1.165) is 32.1 Å². The predicted octanol–water partition coefficient (Wildman–Crippen LogP) is 1.80. The molecule has 30 heavy (non-hydrogen) atoms. The van der Waals surface area contributed by atoms with E-state index >= 15 is 0 Å². The third-order valence-corrected chi connectivity index (χ3v) is 3.69. The van der Waals surface area contributed by atoms with Gasteiger partial charge in [0.05, 0.1) is 46.6 Å². The Hall–Kier alpha value is -1.85. The van der Waals surface area contributed by atoms with Crippen LogP contribution >= 0.6 is 0 Å². The molecule has 0 N–H and O–H groups in total. The van der Waals surface area contributed by atoms with Crippen LogP contribution < -0.4 is 0 Å². The summed E-state index contributed by atoms with van der Waals surface area (Å²) in [5.74, 6) is -0.708. The van der Waals surface area contributed by atoms with Gasteiger partial charge in [-0.05, 0) is 38.5 Å². The van der Waals surface area contributed by atoms with E-state index in [2.05, 4.69) is 4.74 Å². The van der Waals surface area contributed by atoms with Gasteiger partial charge in [0, 0.05) is 20.0 Å². The summed E-state index contributed by atoms with van der Waals surface area (Å²) in [5.41, 5.74) is 0. The Labute approximate surface area is 179 Å². The number of carbonyl (C=O) groups excluding carboxylic acids is 3. The molecule has 174 valence electrons. The van der Waals surface area contributed by atoms with Crippen molar-refractivity contribution in [3.63, 3.8) is 0 Å². The fourth-order valence-electron chi connectivity index (χ4n) is 2.11. The number of methoxy groups -OCH3 is 2. The second-order valence-electron chi connectivity index (χ2n) is 6.08. The zero-order valence-electron chi connectivity index (χ0n) is 18.0. The minimum Gasteiger partial charge on any atom is -0.469 e. The Kier molecular flexibility index (Phi) is 25.5. The van der Waals surface area contributed by atoms with Crippen molar-refractivity contribution in [2.24, 2.45) is 0 Å². The average Bonchev–Trinajstić information content (AvgIpc) is 2.73. The molecule has 0 aliphatic rings. The van der Waals surface area contributed by atoms with Crippen molar-refractivity contribution in [3.05, 3.63) is 0 Å². The topological polar surface area (TPSA) is 132 Å². The van der Waals surface area contributed by atoms with Crippen LogP contribution in [-0.2, 0) is 47.0 Å². The largest absolute Gasteiger partial charge is 0.549 e. The molecule has 11 heteroatoms. The summed E-state index contributed by atoms with van der Waals surface area (Å²) < 4.78 is 41.6. The molecule has 0 saturated heterocycles. The van der Waals surface area contributed by atoms with Crippen molar-refractivity contribution in [2.75, 3.05) is 47.3 Å². The summed E-state index contributed by atoms with van der Waals surface area (Å²) in [7, 11) is 1.54. The van der Waals surface area contributed by atoms with Gasteiger partial charge in [-0.1, -0.05) is 0 Å². The molecule has 0 saturated carbocycles. The van der Waals surface area contributed by atoms with Gasteiger partial charge in [0.15, 0.2) is 0 Å². The van der Waals surface area contributed by atoms with Gasteiger partial charge in [-0.25, -0.2) is 0 Å². The van der Waals surface area contributed by atoms with E-state index in [1.807, 2.05) is 0 Å². The van der Waals surface area contributed by atoms with Gasteiger partial charge in [-0.2, -0.15) is 0 Å². The second kappa shape index (κ2) is 25.2. The van der Waals surface area contributed by atoms with Crippen LogP contribution in [0.15, 0.2) is 0 Å². The number of unbranched alkanes of at least 4 members (excludes halogenated alkanes) is 4. The van der Waals surface area contributed by atoms with Gasteiger partial charge >= 0.3 is 27.2 Å². The highest BCUT2D eigenvalue weighted by Crippen LogP contribution is 2.05. The van der Waals surface area contributed by atoms with E-state index in [4.69, 9.17) is 27.9 Å². The van der Waals surface area contributed by atoms with Crippen molar-refractivity contribution in [3.8, 4) is 0 Å². The van der Waals surface area contributed by atoms with Crippen LogP contribution in [0.25, 0.3) is 0 Å². The lowest BCUT2D eigenvalue weighted by Crippen LogP contribution is -2.11. The average molecular weight is 451 g/mol. The molecule has 0 spiro atoms. The predicted molar refractivity (Wildman–Crippen MR) is 105 cm³/mol. The van der Waals surface area contributed by atoms with Crippen molar-refractivity contribution >= 4 is 27.2 Å². The number of ether oxygens (including phenoxy) is 5. The highest BCUT2D eigenvalue weighted by atomic mass is 28.2. The fourth-order valence-corrected chi connectivity index (χ4v) is 2.11. The first-order chi connectivity index (χ1) is 14.5. The van der Waals surface area contributed by atoms with Crippen molar-refractivity contribution in [2.45, 2.75) is 57.8 Å². The molecule has 0 aliphatic heterocycles. The van der Waals surface area contributed by atoms with Crippen LogP contribution in [0, 0.1) is 0 Å². The van der Waals surface area contributed by atoms with Crippen LogP contribution in [0.1, 0.15) is 57.8 Å². The summed E-state index contributed by atoms with van der Waals surface area (Å²) in [5, 5.41) is 0. The SMILES string of the molecule is COCCOCCC(=O)OCCCCCC(=O)OCCCCCC(=O)OC.O=[Si]=O. The summed E-state index contributed by atoms with van der Waals surface area (Å²) in [6.45, 7) is 2.03. The lowest BCUT2D eigenvalue weighted by molar-refractivity contribution is -0.146. The molecule has 0 amide bonds. The summed E-state index contributed by atoms with van der Waals surface area (Å²) >= 11 is 0. The van der Waals surface area contributed by atoms with Gasteiger partial charge in [0.25, 0.3) is 0 Å². The molecule has 0 unspecified atom stereocenters. The molecule has 10 nitrogen and oxygen atoms in total. The fraction of sp³-hybridized carbons (Fsp3) is 0.842. The summed E-state index contributed by atoms with van der Waals surface area (Å²) in [6, 6.07) is 0. The van der Waals surface area contributed by atoms with Gasteiger partial charge in [-0.15, -0.1) is 0 Å². The summed E-state index contributed by atoms with van der Waals surface area (Å²) in [6.07, 6.45) is 5.53. The summed E-state index contributed by atoms with van der Waals surface area (Å²) in [4.78, 5) is 33.9. The normalized spacial score (nSPS) is 9.67. The maximum absolute atomic E-state index is 11.6. The van der Waals surface area contributed by atoms with E-state index in [1.54, 1.807) is 7.11 Å². The second-order valence-corrected chi connectivity index (χ2v) is 6.24. The minimum atomic E-state index is -1.42. The van der Waals surface area contributed by atoms with Gasteiger partial charge in [0.1, 0.15) is 0 Å². The highest BCUT2D eigenvalue weighted by Gasteiger charge is 2.05. The van der Waals surface area contributed by atoms with Crippen molar-refractivity contribution < 1.29 is 47.0 Å². The Bertz CT molecular complexity index is 478. The Balaban J connectivity index is 0. The zero-order valence-corrected chi connectivity index (χ0v) is 19.0. The number of hydrogen-bond donors (Lipinski definition) is 0. The first kappa shape index (κ1) is 30.3. The van der Waals surface area contributed by atoms with Gasteiger partial charge < -0.3 is 23.7 Å². The molecule has 0 rings (SSSR count). The quantitative estimate of drug-likeness (QED) is 0.132. The Morgan fingerprint density at radius 2 is 1.10 bits per heavy atom. The van der Waals surface area contributed by atoms with E-state index < -0.39 is 9.29 Å². The third kappa shape index (κ3) is 26.1. The van der Waals surface area contributed by atoms with E-state index in [9.17, 15) is 14.4 Å². The van der Waals surface area contributed by atoms with Crippen molar-refractivity contribution in [1.82, 2.24) is 0 Å². The maximum atomic E-state index is 11.6. The highest BCUT2D eigenvalue weighted by molar-refractivity contribution is 5.94. The Morgan fingerprint density at radius 3 is 1.60 bits per heavy atom. The molecule has 0 aromatic rings. The maximum Gasteiger partial charge on any atom is 0.549 e. The molecule has 0 aliphatic carbocycles. The number of carbonyl (C=O) groups is 3. The van der Waals surface area contributed by atoms with E-state index in [-0.39, 0.29) is 24.3 Å². The molecule has 0 radical (unpaired) electrons. The van der Waals surface area contributed by atoms with Crippen LogP contribution in [-0.4, -0.2) is 74.5 Å². The number of esters is 3. The zero-order chi connectivity index (χ0) is 22.9. The van der Waals surface area contributed by atoms with E-state index in [1.165, 1.54) is 7.11 Å². The lowest BCUT2D eigenvalue weighted by atomic mass is 10.2. The Morgan fingerprint density at radius 1 is 0.600 bits per heavy atom. The molecular formula is C19H34O10Si. The van der Waals surface area contributed by atoms with Gasteiger partial charge in [0.2, 0.25) is 0 Å². The minimum absolute atomic E-state index is 0.215. The molecule has 0 fully saturated rings. The van der Waals surface area contributed by atoms with Crippen LogP contribution in [0.2, 0.25) is 0 Å². The standard InChI is InChI=1S/C19H34O8.O2Si/c1-23-15-16-25-14-11-19(22)27-13-8-4-6-10-18(21)26-12-7-3-5-9-17(20)24-2;1-3-2/h3-16H2,1-2H3;.